The molecule has 0 N–H and O–H groups in total. The summed E-state index contributed by atoms with van der Waals surface area (Å²) in [6.45, 7) is 6.43. The molecular weight excluding hydrogens is 647 g/mol. The van der Waals surface area contributed by atoms with Crippen LogP contribution in [-0.2, 0) is 0 Å². The fourth-order valence-corrected chi connectivity index (χ4v) is 7.59. The second kappa shape index (κ2) is 12.3. The monoisotopic (exact) mass is 679 g/mol. The molecule has 0 aliphatic rings. The van der Waals surface area contributed by atoms with E-state index in [1.807, 2.05) is 43.3 Å². The fraction of sp³-hybridized carbons (Fsp3) is 0.0204. The number of hydrogen-bond donors (Lipinski definition) is 0. The van der Waals surface area contributed by atoms with Crippen molar-refractivity contribution < 1.29 is 4.42 Å². The highest BCUT2D eigenvalue weighted by Crippen LogP contribution is 2.37. The van der Waals surface area contributed by atoms with Crippen molar-refractivity contribution in [2.24, 2.45) is 9.98 Å². The van der Waals surface area contributed by atoms with E-state index in [1.54, 1.807) is 0 Å². The molecule has 0 saturated heterocycles. The smallest absolute Gasteiger partial charge is 0.160 e. The maximum Gasteiger partial charge on any atom is 0.160 e. The second-order valence-corrected chi connectivity index (χ2v) is 13.6. The minimum Gasteiger partial charge on any atom is -0.456 e. The Hall–Kier alpha value is -7.04. The molecule has 250 valence electrons. The Kier molecular flexibility index (Phi) is 7.15. The van der Waals surface area contributed by atoms with Crippen LogP contribution in [0.25, 0.3) is 76.7 Å². The minimum atomic E-state index is 0.606. The molecule has 4 heteroatoms. The molecule has 0 unspecified atom stereocenters. The number of aromatic nitrogens is 1. The number of benzene rings is 8. The zero-order valence-corrected chi connectivity index (χ0v) is 29.1. The SMILES string of the molecule is C=C(N=C(N=C(C)c1ccc2ccccc2c1)c1ccccc1)c1ccc2c(c1)oc1cc(-n3c4ccccc4c4cc5ccccc5cc43)ccc12. The largest absolute Gasteiger partial charge is 0.456 e. The van der Waals surface area contributed by atoms with Gasteiger partial charge in [-0.1, -0.05) is 122 Å². The standard InChI is InChI=1S/C49H33N3O/c1-31(35-21-20-33-12-6-7-15-37(33)26-35)50-49(34-13-4-3-5-14-34)51-32(2)36-22-24-42-43-25-23-40(30-48(43)53-47(42)29-36)52-45-19-11-10-18-41(45)44-27-38-16-8-9-17-39(38)28-46(44)52/h3-30H,2H2,1H3. The summed E-state index contributed by atoms with van der Waals surface area (Å²) < 4.78 is 8.94. The number of rotatable bonds is 5. The van der Waals surface area contributed by atoms with Crippen LogP contribution in [0.5, 0.6) is 0 Å². The van der Waals surface area contributed by atoms with Gasteiger partial charge in [-0.15, -0.1) is 0 Å². The van der Waals surface area contributed by atoms with E-state index in [9.17, 15) is 0 Å². The normalized spacial score (nSPS) is 12.5. The average Bonchev–Trinajstić information content (AvgIpc) is 3.74. The Labute approximate surface area is 306 Å². The van der Waals surface area contributed by atoms with E-state index in [-0.39, 0.29) is 0 Å². The molecule has 2 heterocycles. The van der Waals surface area contributed by atoms with Crippen LogP contribution < -0.4 is 0 Å². The van der Waals surface area contributed by atoms with Crippen molar-refractivity contribution in [3.8, 4) is 5.69 Å². The van der Waals surface area contributed by atoms with Gasteiger partial charge in [-0.3, -0.25) is 0 Å². The molecule has 0 aliphatic heterocycles. The van der Waals surface area contributed by atoms with Crippen molar-refractivity contribution in [3.63, 3.8) is 0 Å². The lowest BCUT2D eigenvalue weighted by Gasteiger charge is -2.08. The van der Waals surface area contributed by atoms with E-state index >= 15 is 0 Å². The minimum absolute atomic E-state index is 0.606. The topological polar surface area (TPSA) is 42.8 Å². The van der Waals surface area contributed by atoms with E-state index in [4.69, 9.17) is 14.4 Å². The van der Waals surface area contributed by atoms with Crippen LogP contribution in [0.1, 0.15) is 23.6 Å². The molecule has 0 amide bonds. The van der Waals surface area contributed by atoms with E-state index in [0.717, 1.165) is 55.5 Å². The number of amidine groups is 1. The summed E-state index contributed by atoms with van der Waals surface area (Å²) >= 11 is 0. The molecule has 0 fully saturated rings. The summed E-state index contributed by atoms with van der Waals surface area (Å²) in [6.07, 6.45) is 0. The summed E-state index contributed by atoms with van der Waals surface area (Å²) in [4.78, 5) is 10.1. The van der Waals surface area contributed by atoms with Crippen LogP contribution in [-0.4, -0.2) is 16.1 Å². The Morgan fingerprint density at radius 3 is 1.92 bits per heavy atom. The summed E-state index contributed by atoms with van der Waals surface area (Å²) in [5, 5.41) is 9.41. The predicted molar refractivity (Wildman–Crippen MR) is 224 cm³/mol. The number of aliphatic imine (C=N–C) groups is 2. The molecule has 10 rings (SSSR count). The van der Waals surface area contributed by atoms with Crippen LogP contribution in [0.3, 0.4) is 0 Å². The Balaban J connectivity index is 1.04. The molecule has 0 bridgehead atoms. The lowest BCUT2D eigenvalue weighted by Crippen LogP contribution is -2.04. The number of para-hydroxylation sites is 1. The van der Waals surface area contributed by atoms with Crippen molar-refractivity contribution in [3.05, 3.63) is 193 Å². The average molecular weight is 680 g/mol. The van der Waals surface area contributed by atoms with Gasteiger partial charge in [0.05, 0.1) is 16.7 Å². The number of furan rings is 1. The first-order chi connectivity index (χ1) is 26.1. The Morgan fingerprint density at radius 2 is 1.11 bits per heavy atom. The lowest BCUT2D eigenvalue weighted by molar-refractivity contribution is 0.668. The third-order valence-corrected chi connectivity index (χ3v) is 10.3. The molecule has 0 atom stereocenters. The molecule has 8 aromatic carbocycles. The highest BCUT2D eigenvalue weighted by atomic mass is 16.3. The Morgan fingerprint density at radius 1 is 0.472 bits per heavy atom. The van der Waals surface area contributed by atoms with Gasteiger partial charge < -0.3 is 8.98 Å². The predicted octanol–water partition coefficient (Wildman–Crippen LogP) is 12.9. The van der Waals surface area contributed by atoms with Gasteiger partial charge in [0.25, 0.3) is 0 Å². The Bertz CT molecular complexity index is 3140. The highest BCUT2D eigenvalue weighted by Gasteiger charge is 2.16. The van der Waals surface area contributed by atoms with E-state index in [0.29, 0.717) is 11.5 Å². The molecular formula is C49H33N3O. The van der Waals surface area contributed by atoms with Crippen LogP contribution in [0.2, 0.25) is 0 Å². The van der Waals surface area contributed by atoms with Crippen LogP contribution in [0.4, 0.5) is 0 Å². The van der Waals surface area contributed by atoms with Gasteiger partial charge in [0.2, 0.25) is 0 Å². The number of fused-ring (bicyclic) bond motifs is 8. The first-order valence-corrected chi connectivity index (χ1v) is 17.8. The fourth-order valence-electron chi connectivity index (χ4n) is 7.59. The zero-order chi connectivity index (χ0) is 35.5. The van der Waals surface area contributed by atoms with Crippen LogP contribution in [0.15, 0.2) is 191 Å². The number of hydrogen-bond acceptors (Lipinski definition) is 2. The van der Waals surface area contributed by atoms with Crippen molar-refractivity contribution in [1.29, 1.82) is 0 Å². The van der Waals surface area contributed by atoms with Gasteiger partial charge in [0.15, 0.2) is 5.84 Å². The summed E-state index contributed by atoms with van der Waals surface area (Å²) in [6, 6.07) is 59.4. The summed E-state index contributed by atoms with van der Waals surface area (Å²) in [5.41, 5.74) is 9.34. The molecule has 4 nitrogen and oxygen atoms in total. The number of nitrogens with zero attached hydrogens (tertiary/aromatic N) is 3. The van der Waals surface area contributed by atoms with Crippen molar-refractivity contribution in [1.82, 2.24) is 4.57 Å². The third kappa shape index (κ3) is 5.31. The van der Waals surface area contributed by atoms with Crippen molar-refractivity contribution in [2.45, 2.75) is 6.92 Å². The molecule has 0 saturated carbocycles. The van der Waals surface area contributed by atoms with Gasteiger partial charge in [0.1, 0.15) is 11.2 Å². The first-order valence-electron chi connectivity index (χ1n) is 17.8. The van der Waals surface area contributed by atoms with Gasteiger partial charge in [-0.25, -0.2) is 9.98 Å². The van der Waals surface area contributed by atoms with Crippen molar-refractivity contribution in [2.75, 3.05) is 0 Å². The van der Waals surface area contributed by atoms with Crippen LogP contribution >= 0.6 is 0 Å². The molecule has 10 aromatic rings. The van der Waals surface area contributed by atoms with E-state index in [2.05, 4.69) is 145 Å². The van der Waals surface area contributed by atoms with Crippen LogP contribution in [0, 0.1) is 0 Å². The van der Waals surface area contributed by atoms with Crippen molar-refractivity contribution >= 4 is 82.5 Å². The zero-order valence-electron chi connectivity index (χ0n) is 29.1. The van der Waals surface area contributed by atoms with Gasteiger partial charge >= 0.3 is 0 Å². The third-order valence-electron chi connectivity index (χ3n) is 10.3. The lowest BCUT2D eigenvalue weighted by atomic mass is 10.0. The summed E-state index contributed by atoms with van der Waals surface area (Å²) in [5.74, 6) is 0.606. The van der Waals surface area contributed by atoms with Gasteiger partial charge in [0, 0.05) is 50.1 Å². The highest BCUT2D eigenvalue weighted by molar-refractivity contribution is 6.15. The molecule has 53 heavy (non-hydrogen) atoms. The molecule has 0 aliphatic carbocycles. The summed E-state index contributed by atoms with van der Waals surface area (Å²) in [7, 11) is 0. The first kappa shape index (κ1) is 30.8. The molecule has 2 aromatic heterocycles. The van der Waals surface area contributed by atoms with E-state index < -0.39 is 0 Å². The molecule has 0 radical (unpaired) electrons. The second-order valence-electron chi connectivity index (χ2n) is 13.6. The quantitative estimate of drug-likeness (QED) is 0.132. The molecule has 0 spiro atoms. The maximum absolute atomic E-state index is 6.59. The van der Waals surface area contributed by atoms with E-state index in [1.165, 1.54) is 37.8 Å². The van der Waals surface area contributed by atoms with Gasteiger partial charge in [-0.05, 0) is 82.6 Å². The van der Waals surface area contributed by atoms with Gasteiger partial charge in [-0.2, -0.15) is 0 Å². The maximum atomic E-state index is 6.59.